The maximum absolute atomic E-state index is 13.4. The minimum atomic E-state index is -0.620. The lowest BCUT2D eigenvalue weighted by Crippen LogP contribution is -2.59. The van der Waals surface area contributed by atoms with Crippen LogP contribution in [0.3, 0.4) is 0 Å². The molecule has 166 valence electrons. The van der Waals surface area contributed by atoms with Crippen LogP contribution in [0, 0.1) is 16.7 Å². The first-order valence-electron chi connectivity index (χ1n) is 10.6. The largest absolute Gasteiger partial charge is 0.465 e. The first-order valence-corrected chi connectivity index (χ1v) is 10.6. The van der Waals surface area contributed by atoms with E-state index in [0.717, 1.165) is 0 Å². The first-order chi connectivity index (χ1) is 15.1. The normalized spacial score (nSPS) is 23.8. The molecule has 0 aromatic heterocycles. The van der Waals surface area contributed by atoms with E-state index in [1.807, 2.05) is 20.8 Å². The lowest BCUT2D eigenvalue weighted by Gasteiger charge is -2.47. The molecule has 0 spiro atoms. The number of rotatable bonds is 4. The lowest BCUT2D eigenvalue weighted by molar-refractivity contribution is -0.146. The number of carbonyl (C=O) groups excluding carboxylic acids is 4. The molecule has 7 heteroatoms. The van der Waals surface area contributed by atoms with Crippen molar-refractivity contribution in [1.29, 1.82) is 0 Å². The molecule has 1 saturated carbocycles. The number of esters is 1. The minimum absolute atomic E-state index is 0.203. The molecule has 2 atom stereocenters. The van der Waals surface area contributed by atoms with Gasteiger partial charge in [0.15, 0.2) is 0 Å². The molecule has 2 fully saturated rings. The Bertz CT molecular complexity index is 1120. The van der Waals surface area contributed by atoms with Crippen molar-refractivity contribution in [3.8, 4) is 0 Å². The second-order valence-corrected chi connectivity index (χ2v) is 9.20. The van der Waals surface area contributed by atoms with Gasteiger partial charge in [-0.05, 0) is 60.7 Å². The van der Waals surface area contributed by atoms with Gasteiger partial charge in [0, 0.05) is 17.2 Å². The number of imide groups is 1. The Morgan fingerprint density at radius 3 is 2.38 bits per heavy atom. The Balaban J connectivity index is 1.58. The van der Waals surface area contributed by atoms with Gasteiger partial charge in [0.1, 0.15) is 0 Å². The Morgan fingerprint density at radius 2 is 1.72 bits per heavy atom. The maximum Gasteiger partial charge on any atom is 0.337 e. The van der Waals surface area contributed by atoms with E-state index in [0.29, 0.717) is 35.3 Å². The zero-order chi connectivity index (χ0) is 23.3. The molecule has 32 heavy (non-hydrogen) atoms. The van der Waals surface area contributed by atoms with E-state index in [4.69, 9.17) is 0 Å². The van der Waals surface area contributed by atoms with Crippen molar-refractivity contribution < 1.29 is 23.9 Å². The molecular weight excluding hydrogens is 408 g/mol. The number of hydrogen-bond acceptors (Lipinski definition) is 5. The molecular formula is C25H26N2O5. The Kier molecular flexibility index (Phi) is 5.15. The van der Waals surface area contributed by atoms with E-state index in [1.54, 1.807) is 48.5 Å². The van der Waals surface area contributed by atoms with Crippen molar-refractivity contribution >= 4 is 35.1 Å². The fraction of sp³-hybridized carbons (Fsp3) is 0.360. The molecule has 0 unspecified atom stereocenters. The fourth-order valence-corrected chi connectivity index (χ4v) is 4.86. The molecule has 1 N–H and O–H groups in total. The predicted molar refractivity (Wildman–Crippen MR) is 119 cm³/mol. The smallest absolute Gasteiger partial charge is 0.337 e. The second kappa shape index (κ2) is 7.58. The Hall–Kier alpha value is -3.48. The van der Waals surface area contributed by atoms with E-state index >= 15 is 0 Å². The lowest BCUT2D eigenvalue weighted by atomic mass is 9.62. The van der Waals surface area contributed by atoms with Crippen LogP contribution in [0.1, 0.15) is 54.3 Å². The van der Waals surface area contributed by atoms with Crippen LogP contribution in [-0.2, 0) is 14.3 Å². The van der Waals surface area contributed by atoms with Gasteiger partial charge in [-0.25, -0.2) is 9.69 Å². The van der Waals surface area contributed by atoms with Crippen LogP contribution in [0.15, 0.2) is 48.5 Å². The number of hydrogen-bond donors (Lipinski definition) is 1. The summed E-state index contributed by atoms with van der Waals surface area (Å²) < 4.78 is 4.67. The maximum atomic E-state index is 13.4. The highest BCUT2D eigenvalue weighted by atomic mass is 16.5. The van der Waals surface area contributed by atoms with Gasteiger partial charge in [0.25, 0.3) is 5.91 Å². The molecule has 2 bridgehead atoms. The summed E-state index contributed by atoms with van der Waals surface area (Å²) in [5.74, 6) is -1.49. The number of fused-ring (bicyclic) bond motifs is 2. The van der Waals surface area contributed by atoms with Crippen molar-refractivity contribution in [2.24, 2.45) is 16.7 Å². The van der Waals surface area contributed by atoms with Gasteiger partial charge in [-0.2, -0.15) is 0 Å². The number of methoxy groups -OCH3 is 1. The summed E-state index contributed by atoms with van der Waals surface area (Å²) in [6, 6.07) is 12.9. The molecule has 2 aliphatic rings. The van der Waals surface area contributed by atoms with E-state index in [-0.39, 0.29) is 23.6 Å². The van der Waals surface area contributed by atoms with Crippen LogP contribution < -0.4 is 10.2 Å². The molecule has 7 nitrogen and oxygen atoms in total. The van der Waals surface area contributed by atoms with E-state index in [1.165, 1.54) is 12.0 Å². The monoisotopic (exact) mass is 434 g/mol. The topological polar surface area (TPSA) is 92.8 Å². The average Bonchev–Trinajstić information content (AvgIpc) is 2.96. The highest BCUT2D eigenvalue weighted by Crippen LogP contribution is 2.60. The molecule has 1 heterocycles. The van der Waals surface area contributed by atoms with E-state index in [2.05, 4.69) is 10.1 Å². The number of nitrogens with zero attached hydrogens (tertiary/aromatic N) is 1. The standard InChI is InChI=1S/C25H26N2O5/c1-24(2)19-12-13-25(24,3)23(31)27(21(19)29)18-7-5-6-16(14-18)20(28)26-17-10-8-15(9-11-17)22(30)32-4/h5-11,14,19H,12-13H2,1-4H3,(H,26,28)/t19-,25+/m1/s1. The zero-order valence-corrected chi connectivity index (χ0v) is 18.6. The SMILES string of the molecule is COC(=O)c1ccc(NC(=O)c2cccc(N3C(=O)[C@H]4CC[C@@](C)(C3=O)C4(C)C)c2)cc1. The highest BCUT2D eigenvalue weighted by Gasteiger charge is 2.64. The van der Waals surface area contributed by atoms with Crippen LogP contribution in [0.4, 0.5) is 11.4 Å². The van der Waals surface area contributed by atoms with Crippen LogP contribution in [0.5, 0.6) is 0 Å². The molecule has 0 radical (unpaired) electrons. The number of piperidine rings is 1. The van der Waals surface area contributed by atoms with Crippen LogP contribution >= 0.6 is 0 Å². The summed E-state index contributed by atoms with van der Waals surface area (Å²) in [6.45, 7) is 5.92. The molecule has 2 aromatic rings. The summed E-state index contributed by atoms with van der Waals surface area (Å²) >= 11 is 0. The van der Waals surface area contributed by atoms with Crippen molar-refractivity contribution in [1.82, 2.24) is 0 Å². The van der Waals surface area contributed by atoms with Gasteiger partial charge in [-0.15, -0.1) is 0 Å². The van der Waals surface area contributed by atoms with E-state index < -0.39 is 16.8 Å². The minimum Gasteiger partial charge on any atom is -0.465 e. The van der Waals surface area contributed by atoms with Crippen molar-refractivity contribution in [3.05, 3.63) is 59.7 Å². The Labute approximate surface area is 186 Å². The van der Waals surface area contributed by atoms with E-state index in [9.17, 15) is 19.2 Å². The fourth-order valence-electron chi connectivity index (χ4n) is 4.86. The summed E-state index contributed by atoms with van der Waals surface area (Å²) in [5, 5.41) is 2.77. The van der Waals surface area contributed by atoms with Gasteiger partial charge in [0.2, 0.25) is 11.8 Å². The molecule has 2 aromatic carbocycles. The summed E-state index contributed by atoms with van der Waals surface area (Å²) in [7, 11) is 1.30. The Morgan fingerprint density at radius 1 is 1.03 bits per heavy atom. The zero-order valence-electron chi connectivity index (χ0n) is 18.6. The van der Waals surface area contributed by atoms with Crippen LogP contribution in [-0.4, -0.2) is 30.8 Å². The van der Waals surface area contributed by atoms with Gasteiger partial charge < -0.3 is 10.1 Å². The van der Waals surface area contributed by atoms with Crippen molar-refractivity contribution in [3.63, 3.8) is 0 Å². The van der Waals surface area contributed by atoms with Crippen molar-refractivity contribution in [2.75, 3.05) is 17.3 Å². The summed E-state index contributed by atoms with van der Waals surface area (Å²) in [6.07, 6.45) is 1.36. The number of benzene rings is 2. The third-order valence-corrected chi connectivity index (χ3v) is 7.35. The quantitative estimate of drug-likeness (QED) is 0.579. The summed E-state index contributed by atoms with van der Waals surface area (Å²) in [4.78, 5) is 52.2. The summed E-state index contributed by atoms with van der Waals surface area (Å²) in [5.41, 5.74) is 0.588. The van der Waals surface area contributed by atoms with Gasteiger partial charge in [0.05, 0.1) is 23.8 Å². The molecule has 1 aliphatic carbocycles. The van der Waals surface area contributed by atoms with Gasteiger partial charge in [-0.3, -0.25) is 14.4 Å². The third-order valence-electron chi connectivity index (χ3n) is 7.35. The second-order valence-electron chi connectivity index (χ2n) is 9.20. The van der Waals surface area contributed by atoms with Crippen molar-refractivity contribution in [2.45, 2.75) is 33.6 Å². The number of anilines is 2. The predicted octanol–water partition coefficient (Wildman–Crippen LogP) is 4.04. The van der Waals surface area contributed by atoms with Crippen LogP contribution in [0.25, 0.3) is 0 Å². The number of amides is 3. The van der Waals surface area contributed by atoms with Gasteiger partial charge >= 0.3 is 5.97 Å². The van der Waals surface area contributed by atoms with Gasteiger partial charge in [-0.1, -0.05) is 26.8 Å². The number of nitrogens with one attached hydrogen (secondary N) is 1. The molecule has 1 saturated heterocycles. The third kappa shape index (κ3) is 3.20. The number of carbonyl (C=O) groups is 4. The number of ether oxygens (including phenoxy) is 1. The molecule has 3 amide bonds. The molecule has 4 rings (SSSR count). The molecule has 1 aliphatic heterocycles. The highest BCUT2D eigenvalue weighted by molar-refractivity contribution is 6.21. The average molecular weight is 434 g/mol. The first kappa shape index (κ1) is 21.7. The van der Waals surface area contributed by atoms with Crippen LogP contribution in [0.2, 0.25) is 0 Å².